The van der Waals surface area contributed by atoms with Crippen molar-refractivity contribution in [1.82, 2.24) is 14.8 Å². The van der Waals surface area contributed by atoms with Crippen LogP contribution in [-0.4, -0.2) is 14.8 Å². The van der Waals surface area contributed by atoms with Crippen LogP contribution in [0.25, 0.3) is 5.69 Å². The largest absolute Gasteiger partial charge is 0.269 e. The molecule has 3 nitrogen and oxygen atoms in total. The fraction of sp³-hybridized carbons (Fsp3) is 0.385. The van der Waals surface area contributed by atoms with Crippen LogP contribution in [0, 0.1) is 12.7 Å². The molecule has 0 atom stereocenters. The van der Waals surface area contributed by atoms with E-state index in [2.05, 4.69) is 10.2 Å². The zero-order valence-corrected chi connectivity index (χ0v) is 11.6. The Morgan fingerprint density at radius 1 is 1.22 bits per heavy atom. The molecule has 1 aromatic carbocycles. The van der Waals surface area contributed by atoms with Crippen molar-refractivity contribution in [3.63, 3.8) is 0 Å². The van der Waals surface area contributed by atoms with Crippen LogP contribution < -0.4 is 0 Å². The van der Waals surface area contributed by atoms with E-state index < -0.39 is 0 Å². The molecular formula is C13H15ClFN3. The highest BCUT2D eigenvalue weighted by molar-refractivity contribution is 6.28. The van der Waals surface area contributed by atoms with Crippen LogP contribution >= 0.6 is 11.6 Å². The van der Waals surface area contributed by atoms with E-state index in [1.807, 2.05) is 27.7 Å². The zero-order chi connectivity index (χ0) is 13.5. The van der Waals surface area contributed by atoms with Gasteiger partial charge in [-0.1, -0.05) is 26.8 Å². The molecule has 96 valence electrons. The molecule has 2 rings (SSSR count). The van der Waals surface area contributed by atoms with Crippen molar-refractivity contribution in [3.05, 3.63) is 40.7 Å². The molecule has 0 spiro atoms. The van der Waals surface area contributed by atoms with Crippen LogP contribution in [0.5, 0.6) is 0 Å². The molecule has 0 aliphatic carbocycles. The Labute approximate surface area is 111 Å². The summed E-state index contributed by atoms with van der Waals surface area (Å²) in [5.41, 5.74) is 1.37. The van der Waals surface area contributed by atoms with E-state index in [0.29, 0.717) is 11.5 Å². The normalized spacial score (nSPS) is 11.9. The molecule has 2 aromatic rings. The average molecular weight is 268 g/mol. The smallest absolute Gasteiger partial charge is 0.229 e. The van der Waals surface area contributed by atoms with E-state index in [1.165, 1.54) is 12.1 Å². The summed E-state index contributed by atoms with van der Waals surface area (Å²) in [6.45, 7) is 7.94. The molecule has 0 saturated heterocycles. The highest BCUT2D eigenvalue weighted by Gasteiger charge is 2.25. The Balaban J connectivity index is 2.71. The summed E-state index contributed by atoms with van der Waals surface area (Å²) in [5.74, 6) is 0.404. The minimum Gasteiger partial charge on any atom is -0.269 e. The van der Waals surface area contributed by atoms with Gasteiger partial charge in [0.25, 0.3) is 0 Å². The first kappa shape index (κ1) is 13.0. The van der Waals surface area contributed by atoms with Crippen molar-refractivity contribution in [3.8, 4) is 5.69 Å². The Morgan fingerprint density at radius 3 is 2.50 bits per heavy atom. The molecule has 18 heavy (non-hydrogen) atoms. The third-order valence-corrected chi connectivity index (χ3v) is 2.95. The van der Waals surface area contributed by atoms with Crippen molar-refractivity contribution < 1.29 is 4.39 Å². The second kappa shape index (κ2) is 4.35. The Kier molecular flexibility index (Phi) is 3.15. The molecule has 5 heteroatoms. The van der Waals surface area contributed by atoms with Crippen LogP contribution in [0.1, 0.15) is 32.2 Å². The lowest BCUT2D eigenvalue weighted by molar-refractivity contribution is 0.532. The molecule has 0 unspecified atom stereocenters. The third-order valence-electron chi connectivity index (χ3n) is 2.71. The van der Waals surface area contributed by atoms with E-state index >= 15 is 0 Å². The highest BCUT2D eigenvalue weighted by Crippen LogP contribution is 2.28. The van der Waals surface area contributed by atoms with Gasteiger partial charge in [-0.05, 0) is 36.2 Å². The third kappa shape index (κ3) is 2.25. The lowest BCUT2D eigenvalue weighted by atomic mass is 9.95. The maximum atomic E-state index is 13.4. The standard InChI is InChI=1S/C13H15ClFN3/c1-8-5-6-9(15)7-10(8)18-11(13(2,3)4)16-17-12(18)14/h5-7H,1-4H3. The summed E-state index contributed by atoms with van der Waals surface area (Å²) < 4.78 is 15.1. The van der Waals surface area contributed by atoms with E-state index in [4.69, 9.17) is 11.6 Å². The van der Waals surface area contributed by atoms with Gasteiger partial charge in [0.15, 0.2) is 0 Å². The quantitative estimate of drug-likeness (QED) is 0.789. The van der Waals surface area contributed by atoms with E-state index in [0.717, 1.165) is 5.56 Å². The molecule has 0 bridgehead atoms. The molecule has 0 amide bonds. The number of hydrogen-bond acceptors (Lipinski definition) is 2. The minimum atomic E-state index is -0.305. The second-order valence-electron chi connectivity index (χ2n) is 5.31. The topological polar surface area (TPSA) is 30.7 Å². The summed E-state index contributed by atoms with van der Waals surface area (Å²) in [6, 6.07) is 4.58. The van der Waals surface area contributed by atoms with Crippen LogP contribution in [-0.2, 0) is 5.41 Å². The fourth-order valence-corrected chi connectivity index (χ4v) is 2.00. The zero-order valence-electron chi connectivity index (χ0n) is 10.8. The average Bonchev–Trinajstić information content (AvgIpc) is 2.63. The van der Waals surface area contributed by atoms with Gasteiger partial charge in [0.05, 0.1) is 5.69 Å². The molecule has 0 aliphatic heterocycles. The van der Waals surface area contributed by atoms with Gasteiger partial charge in [0.2, 0.25) is 5.28 Å². The molecule has 0 saturated carbocycles. The number of hydrogen-bond donors (Lipinski definition) is 0. The molecule has 0 radical (unpaired) electrons. The molecule has 1 aromatic heterocycles. The van der Waals surface area contributed by atoms with Crippen molar-refractivity contribution in [1.29, 1.82) is 0 Å². The number of halogens is 2. The Morgan fingerprint density at radius 2 is 1.89 bits per heavy atom. The highest BCUT2D eigenvalue weighted by atomic mass is 35.5. The monoisotopic (exact) mass is 267 g/mol. The number of aromatic nitrogens is 3. The molecule has 1 heterocycles. The van der Waals surface area contributed by atoms with Crippen molar-refractivity contribution >= 4 is 11.6 Å². The Bertz CT molecular complexity index is 584. The van der Waals surface area contributed by atoms with Crippen LogP contribution in [0.2, 0.25) is 5.28 Å². The summed E-state index contributed by atoms with van der Waals surface area (Å²) >= 11 is 6.08. The lowest BCUT2D eigenvalue weighted by Crippen LogP contribution is -2.19. The van der Waals surface area contributed by atoms with Gasteiger partial charge in [0.1, 0.15) is 11.6 Å². The van der Waals surface area contributed by atoms with Gasteiger partial charge in [-0.25, -0.2) is 4.39 Å². The van der Waals surface area contributed by atoms with Gasteiger partial charge in [-0.15, -0.1) is 10.2 Å². The number of benzene rings is 1. The van der Waals surface area contributed by atoms with Crippen LogP contribution in [0.3, 0.4) is 0 Å². The van der Waals surface area contributed by atoms with Gasteiger partial charge in [-0.2, -0.15) is 0 Å². The van der Waals surface area contributed by atoms with Crippen molar-refractivity contribution in [2.24, 2.45) is 0 Å². The first-order chi connectivity index (χ1) is 8.30. The maximum Gasteiger partial charge on any atom is 0.229 e. The molecular weight excluding hydrogens is 253 g/mol. The predicted octanol–water partition coefficient (Wildman–Crippen LogP) is 3.67. The number of aryl methyl sites for hydroxylation is 1. The van der Waals surface area contributed by atoms with Gasteiger partial charge < -0.3 is 0 Å². The first-order valence-corrected chi connectivity index (χ1v) is 6.06. The number of rotatable bonds is 1. The molecule has 0 N–H and O–H groups in total. The molecule has 0 aliphatic rings. The van der Waals surface area contributed by atoms with E-state index in [9.17, 15) is 4.39 Å². The summed E-state index contributed by atoms with van der Waals surface area (Å²) in [5, 5.41) is 8.22. The van der Waals surface area contributed by atoms with E-state index in [1.54, 1.807) is 10.6 Å². The predicted molar refractivity (Wildman–Crippen MR) is 69.8 cm³/mol. The fourth-order valence-electron chi connectivity index (χ4n) is 1.79. The second-order valence-corrected chi connectivity index (χ2v) is 5.65. The minimum absolute atomic E-state index is 0.223. The van der Waals surface area contributed by atoms with Crippen LogP contribution in [0.4, 0.5) is 4.39 Å². The van der Waals surface area contributed by atoms with Gasteiger partial charge in [0, 0.05) is 5.41 Å². The van der Waals surface area contributed by atoms with Crippen molar-refractivity contribution in [2.75, 3.05) is 0 Å². The maximum absolute atomic E-state index is 13.4. The van der Waals surface area contributed by atoms with Gasteiger partial charge >= 0.3 is 0 Å². The lowest BCUT2D eigenvalue weighted by Gasteiger charge is -2.20. The van der Waals surface area contributed by atoms with Gasteiger partial charge in [-0.3, -0.25) is 4.57 Å². The molecule has 0 fully saturated rings. The first-order valence-electron chi connectivity index (χ1n) is 5.68. The van der Waals surface area contributed by atoms with Crippen LogP contribution in [0.15, 0.2) is 18.2 Å². The van der Waals surface area contributed by atoms with E-state index in [-0.39, 0.29) is 16.5 Å². The summed E-state index contributed by atoms with van der Waals surface area (Å²) in [4.78, 5) is 0. The summed E-state index contributed by atoms with van der Waals surface area (Å²) in [7, 11) is 0. The SMILES string of the molecule is Cc1ccc(F)cc1-n1c(Cl)nnc1C(C)(C)C. The van der Waals surface area contributed by atoms with Crippen molar-refractivity contribution in [2.45, 2.75) is 33.1 Å². The number of nitrogens with zero attached hydrogens (tertiary/aromatic N) is 3. The Hall–Kier alpha value is -1.42. The summed E-state index contributed by atoms with van der Waals surface area (Å²) in [6.07, 6.45) is 0.